The second kappa shape index (κ2) is 8.48. The fourth-order valence-electron chi connectivity index (χ4n) is 1.74. The van der Waals surface area contributed by atoms with Gasteiger partial charge in [-0.1, -0.05) is 0 Å². The first-order valence-electron chi connectivity index (χ1n) is 7.08. The lowest BCUT2D eigenvalue weighted by atomic mass is 10.3. The van der Waals surface area contributed by atoms with Crippen molar-refractivity contribution in [1.29, 1.82) is 0 Å². The van der Waals surface area contributed by atoms with Crippen molar-refractivity contribution in [2.75, 3.05) is 37.7 Å². The summed E-state index contributed by atoms with van der Waals surface area (Å²) in [6, 6.07) is 4.12. The average molecular weight is 365 g/mol. The monoisotopic (exact) mass is 365 g/mol. The molecular weight excluding hydrogens is 342 g/mol. The van der Waals surface area contributed by atoms with E-state index in [4.69, 9.17) is 4.74 Å². The fraction of sp³-hybridized carbons (Fsp3) is 0.538. The van der Waals surface area contributed by atoms with Crippen molar-refractivity contribution >= 4 is 25.7 Å². The number of anilines is 1. The van der Waals surface area contributed by atoms with Gasteiger partial charge in [-0.2, -0.15) is 0 Å². The summed E-state index contributed by atoms with van der Waals surface area (Å²) in [6.07, 6.45) is 0.613. The van der Waals surface area contributed by atoms with Crippen LogP contribution in [0.3, 0.4) is 0 Å². The molecule has 0 amide bonds. The maximum absolute atomic E-state index is 12.4. The van der Waals surface area contributed by atoms with Gasteiger partial charge in [-0.25, -0.2) is 21.6 Å². The third kappa shape index (κ3) is 5.98. The van der Waals surface area contributed by atoms with Crippen LogP contribution in [-0.4, -0.2) is 49.8 Å². The van der Waals surface area contributed by atoms with Crippen LogP contribution in [0, 0.1) is 0 Å². The highest BCUT2D eigenvalue weighted by molar-refractivity contribution is 7.93. The molecule has 0 bridgehead atoms. The predicted molar refractivity (Wildman–Crippen MR) is 89.8 cm³/mol. The molecule has 0 aliphatic rings. The zero-order valence-corrected chi connectivity index (χ0v) is 15.1. The van der Waals surface area contributed by atoms with Gasteiger partial charge in [-0.3, -0.25) is 4.72 Å². The highest BCUT2D eigenvalue weighted by Gasteiger charge is 2.21. The van der Waals surface area contributed by atoms with Crippen molar-refractivity contribution in [3.8, 4) is 5.75 Å². The predicted octanol–water partition coefficient (Wildman–Crippen LogP) is 0.345. The van der Waals surface area contributed by atoms with Gasteiger partial charge >= 0.3 is 0 Å². The number of hydrogen-bond acceptors (Lipinski definition) is 6. The first-order chi connectivity index (χ1) is 10.8. The lowest BCUT2D eigenvalue weighted by Gasteiger charge is -2.14. The normalized spacial score (nSPS) is 12.1. The third-order valence-electron chi connectivity index (χ3n) is 3.02. The molecule has 0 heterocycles. The molecule has 0 aliphatic carbocycles. The summed E-state index contributed by atoms with van der Waals surface area (Å²) in [5.41, 5.74) is -0.0349. The van der Waals surface area contributed by atoms with Gasteiger partial charge < -0.3 is 10.1 Å². The van der Waals surface area contributed by atoms with Crippen molar-refractivity contribution in [3.05, 3.63) is 18.2 Å². The highest BCUT2D eigenvalue weighted by atomic mass is 32.2. The summed E-state index contributed by atoms with van der Waals surface area (Å²) >= 11 is 0. The van der Waals surface area contributed by atoms with Gasteiger partial charge in [0.15, 0.2) is 0 Å². The number of sulfonamides is 2. The van der Waals surface area contributed by atoms with E-state index in [1.807, 2.05) is 0 Å². The summed E-state index contributed by atoms with van der Waals surface area (Å²) in [5, 5.41) is 2.92. The quantitative estimate of drug-likeness (QED) is 0.516. The van der Waals surface area contributed by atoms with Crippen LogP contribution in [0.15, 0.2) is 23.1 Å². The van der Waals surface area contributed by atoms with Crippen molar-refractivity contribution in [1.82, 2.24) is 10.0 Å². The number of nitrogens with one attached hydrogen (secondary N) is 3. The Labute approximate surface area is 137 Å². The smallest absolute Gasteiger partial charge is 0.242 e. The van der Waals surface area contributed by atoms with Crippen LogP contribution in [0.1, 0.15) is 13.3 Å². The first kappa shape index (κ1) is 19.7. The number of ether oxygens (including phenoxy) is 1. The number of methoxy groups -OCH3 is 1. The average Bonchev–Trinajstić information content (AvgIpc) is 2.51. The molecule has 132 valence electrons. The summed E-state index contributed by atoms with van der Waals surface area (Å²) in [5.74, 6) is 0.187. The second-order valence-corrected chi connectivity index (χ2v) is 8.47. The van der Waals surface area contributed by atoms with Gasteiger partial charge in [-0.05, 0) is 39.1 Å². The Morgan fingerprint density at radius 2 is 1.83 bits per heavy atom. The number of rotatable bonds is 10. The van der Waals surface area contributed by atoms with Crippen LogP contribution < -0.4 is 19.5 Å². The van der Waals surface area contributed by atoms with Crippen LogP contribution in [0.5, 0.6) is 5.75 Å². The summed E-state index contributed by atoms with van der Waals surface area (Å²) in [7, 11) is -4.27. The molecule has 0 saturated heterocycles. The molecule has 0 aliphatic heterocycles. The molecule has 0 aromatic heterocycles. The largest absolute Gasteiger partial charge is 0.497 e. The molecule has 0 atom stereocenters. The Bertz CT molecular complexity index is 717. The van der Waals surface area contributed by atoms with Gasteiger partial charge in [0.1, 0.15) is 10.6 Å². The van der Waals surface area contributed by atoms with Gasteiger partial charge in [0.25, 0.3) is 0 Å². The van der Waals surface area contributed by atoms with E-state index in [0.717, 1.165) is 0 Å². The zero-order valence-electron chi connectivity index (χ0n) is 13.4. The molecule has 0 spiro atoms. The maximum atomic E-state index is 12.4. The number of hydrogen-bond donors (Lipinski definition) is 3. The van der Waals surface area contributed by atoms with E-state index in [1.54, 1.807) is 7.05 Å². The highest BCUT2D eigenvalue weighted by Crippen LogP contribution is 2.27. The lowest BCUT2D eigenvalue weighted by Crippen LogP contribution is -2.28. The van der Waals surface area contributed by atoms with Crippen molar-refractivity contribution in [2.24, 2.45) is 0 Å². The maximum Gasteiger partial charge on any atom is 0.242 e. The molecule has 10 heteroatoms. The minimum absolute atomic E-state index is 0.0349. The van der Waals surface area contributed by atoms with Crippen LogP contribution >= 0.6 is 0 Å². The molecule has 0 saturated carbocycles. The van der Waals surface area contributed by atoms with Crippen molar-refractivity contribution in [3.63, 3.8) is 0 Å². The first-order valence-corrected chi connectivity index (χ1v) is 10.2. The molecule has 0 radical (unpaired) electrons. The van der Waals surface area contributed by atoms with E-state index in [1.165, 1.54) is 32.2 Å². The Morgan fingerprint density at radius 1 is 1.13 bits per heavy atom. The molecule has 3 N–H and O–H groups in total. The van der Waals surface area contributed by atoms with Gasteiger partial charge in [0, 0.05) is 12.6 Å². The Hall–Kier alpha value is -1.36. The summed E-state index contributed by atoms with van der Waals surface area (Å²) in [4.78, 5) is -0.139. The lowest BCUT2D eigenvalue weighted by molar-refractivity contribution is 0.414. The van der Waals surface area contributed by atoms with Crippen LogP contribution in [-0.2, 0) is 20.0 Å². The second-order valence-electron chi connectivity index (χ2n) is 4.72. The molecule has 1 aromatic carbocycles. The SMILES string of the molecule is CCS(=O)(=O)Nc1cc(OC)ccc1S(=O)(=O)NCCCNC. The van der Waals surface area contributed by atoms with E-state index in [9.17, 15) is 16.8 Å². The topological polar surface area (TPSA) is 114 Å². The van der Waals surface area contributed by atoms with E-state index in [2.05, 4.69) is 14.8 Å². The molecule has 0 unspecified atom stereocenters. The van der Waals surface area contributed by atoms with Crippen LogP contribution in [0.25, 0.3) is 0 Å². The van der Waals surface area contributed by atoms with E-state index in [0.29, 0.717) is 18.7 Å². The summed E-state index contributed by atoms with van der Waals surface area (Å²) < 4.78 is 58.1. The van der Waals surface area contributed by atoms with Gasteiger partial charge in [-0.15, -0.1) is 0 Å². The molecular formula is C13H23N3O5S2. The molecule has 1 aromatic rings. The summed E-state index contributed by atoms with van der Waals surface area (Å²) in [6.45, 7) is 2.38. The number of benzene rings is 1. The molecule has 1 rings (SSSR count). The fourth-order valence-corrected chi connectivity index (χ4v) is 3.67. The van der Waals surface area contributed by atoms with Crippen molar-refractivity contribution < 1.29 is 21.6 Å². The van der Waals surface area contributed by atoms with Crippen molar-refractivity contribution in [2.45, 2.75) is 18.2 Å². The van der Waals surface area contributed by atoms with Crippen LogP contribution in [0.4, 0.5) is 5.69 Å². The van der Waals surface area contributed by atoms with E-state index >= 15 is 0 Å². The Kier molecular flexibility index (Phi) is 7.26. The van der Waals surface area contributed by atoms with E-state index < -0.39 is 20.0 Å². The Morgan fingerprint density at radius 3 is 2.39 bits per heavy atom. The zero-order chi connectivity index (χ0) is 17.5. The van der Waals surface area contributed by atoms with Gasteiger partial charge in [0.2, 0.25) is 20.0 Å². The minimum Gasteiger partial charge on any atom is -0.497 e. The standard InChI is InChI=1S/C13H23N3O5S2/c1-4-22(17,18)16-12-10-11(21-3)6-7-13(12)23(19,20)15-9-5-8-14-2/h6-7,10,14-16H,4-5,8-9H2,1-3H3. The van der Waals surface area contributed by atoms with Crippen LogP contribution in [0.2, 0.25) is 0 Å². The Balaban J connectivity index is 3.13. The third-order valence-corrected chi connectivity index (χ3v) is 5.83. The molecule has 0 fully saturated rings. The molecule has 8 nitrogen and oxygen atoms in total. The molecule has 23 heavy (non-hydrogen) atoms. The van der Waals surface area contributed by atoms with E-state index in [-0.39, 0.29) is 22.9 Å². The minimum atomic E-state index is -3.84. The van der Waals surface area contributed by atoms with Gasteiger partial charge in [0.05, 0.1) is 18.6 Å².